The van der Waals surface area contributed by atoms with Crippen LogP contribution in [-0.2, 0) is 17.0 Å². The second-order valence-electron chi connectivity index (χ2n) is 5.00. The van der Waals surface area contributed by atoms with Crippen LogP contribution in [0.25, 0.3) is 0 Å². The molecule has 0 spiro atoms. The van der Waals surface area contributed by atoms with Crippen LogP contribution in [0.5, 0.6) is 5.75 Å². The van der Waals surface area contributed by atoms with Gasteiger partial charge >= 0.3 is 36.0 Å². The maximum absolute atomic E-state index is 13.5. The van der Waals surface area contributed by atoms with Crippen LogP contribution in [0.2, 0.25) is 0 Å². The van der Waals surface area contributed by atoms with E-state index in [0.29, 0.717) is 0 Å². The summed E-state index contributed by atoms with van der Waals surface area (Å²) >= 11 is 0. The molecule has 1 nitrogen and oxygen atoms in total. The molecule has 0 aliphatic carbocycles. The Hall–Kier alpha value is -1.96. The van der Waals surface area contributed by atoms with E-state index in [1.165, 1.54) is 0 Å². The molecule has 0 fully saturated rings. The highest BCUT2D eigenvalue weighted by Gasteiger charge is 2.76. The van der Waals surface area contributed by atoms with E-state index in [0.717, 1.165) is 0 Å². The van der Waals surface area contributed by atoms with Crippen LogP contribution in [-0.4, -0.2) is 24.2 Å². The van der Waals surface area contributed by atoms with Crippen LogP contribution in [0.1, 0.15) is 11.1 Å². The van der Waals surface area contributed by atoms with Gasteiger partial charge in [0.25, 0.3) is 0 Å². The molecule has 1 radical (unpaired) electrons. The topological polar surface area (TPSA) is 19.9 Å². The highest BCUT2D eigenvalue weighted by atomic mass is 19.4. The molecule has 15 heteroatoms. The van der Waals surface area contributed by atoms with E-state index in [1.807, 2.05) is 0 Å². The van der Waals surface area contributed by atoms with E-state index in [1.54, 1.807) is 0 Å². The summed E-state index contributed by atoms with van der Waals surface area (Å²) in [7, 11) is 0. The van der Waals surface area contributed by atoms with Gasteiger partial charge in [0.15, 0.2) is 5.75 Å². The Balaban J connectivity index is 3.67. The van der Waals surface area contributed by atoms with Crippen LogP contribution in [0.4, 0.5) is 61.5 Å². The van der Waals surface area contributed by atoms with Crippen molar-refractivity contribution in [3.8, 4) is 5.75 Å². The third-order valence-electron chi connectivity index (χ3n) is 3.18. The minimum absolute atomic E-state index is 0.534. The molecule has 0 amide bonds. The number of rotatable bonds is 4. The first kappa shape index (κ1) is 23.1. The fourth-order valence-corrected chi connectivity index (χ4v) is 1.68. The van der Waals surface area contributed by atoms with Gasteiger partial charge in [0.1, 0.15) is 0 Å². The van der Waals surface area contributed by atoms with Crippen molar-refractivity contribution >= 4 is 0 Å². The molecule has 1 rings (SSSR count). The molecule has 0 aliphatic heterocycles. The van der Waals surface area contributed by atoms with Crippen molar-refractivity contribution < 1.29 is 66.6 Å². The summed E-state index contributed by atoms with van der Waals surface area (Å²) in [6.45, 7) is 0. The molecule has 0 atom stereocenters. The summed E-state index contributed by atoms with van der Waals surface area (Å²) in [5, 5.41) is 11.1. The van der Waals surface area contributed by atoms with Crippen molar-refractivity contribution in [1.29, 1.82) is 0 Å². The van der Waals surface area contributed by atoms with E-state index in [-0.39, 0.29) is 0 Å². The van der Waals surface area contributed by atoms with Crippen LogP contribution >= 0.6 is 0 Å². The first-order chi connectivity index (χ1) is 11.6. The van der Waals surface area contributed by atoms with Crippen molar-refractivity contribution in [1.82, 2.24) is 0 Å². The predicted octanol–water partition coefficient (Wildman–Crippen LogP) is 6.41. The summed E-state index contributed by atoms with van der Waals surface area (Å²) < 4.78 is 178. The van der Waals surface area contributed by atoms with Gasteiger partial charge in [0.05, 0.1) is 5.56 Å². The van der Waals surface area contributed by atoms with E-state index in [9.17, 15) is 66.6 Å². The zero-order chi connectivity index (χ0) is 21.9. The molecule has 0 saturated carbocycles. The van der Waals surface area contributed by atoms with Crippen LogP contribution in [0.3, 0.4) is 0 Å². The summed E-state index contributed by atoms with van der Waals surface area (Å²) in [4.78, 5) is 0. The maximum Gasteiger partial charge on any atom is 0.460 e. The van der Waals surface area contributed by atoms with Crippen molar-refractivity contribution in [3.63, 3.8) is 0 Å². The number of benzene rings is 1. The largest absolute Gasteiger partial charge is 0.460 e. The summed E-state index contributed by atoms with van der Waals surface area (Å²) in [6.07, 6.45) is -14.0. The second kappa shape index (κ2) is 6.02. The molecule has 1 aromatic rings. The lowest BCUT2D eigenvalue weighted by atomic mass is 9.94. The standard InChI is InChI=1S/C12H3F14O/c13-7(14,9(17,18)11(21,22)23)4-1-2-6(27)5(3-4)8(15,16)10(19,20)12(24,25)26/h1-3H. The van der Waals surface area contributed by atoms with E-state index < -0.39 is 71.1 Å². The van der Waals surface area contributed by atoms with Crippen molar-refractivity contribution in [2.24, 2.45) is 0 Å². The van der Waals surface area contributed by atoms with Crippen molar-refractivity contribution in [3.05, 3.63) is 29.3 Å². The molecule has 155 valence electrons. The van der Waals surface area contributed by atoms with Gasteiger partial charge in [0.2, 0.25) is 0 Å². The van der Waals surface area contributed by atoms with E-state index >= 15 is 0 Å². The smallest absolute Gasteiger partial charge is 0.289 e. The fraction of sp³-hybridized carbons (Fsp3) is 0.500. The van der Waals surface area contributed by atoms with Gasteiger partial charge in [-0.2, -0.15) is 61.5 Å². The van der Waals surface area contributed by atoms with E-state index in [2.05, 4.69) is 0 Å². The molecule has 0 bridgehead atoms. The molecule has 0 aliphatic rings. The molecule has 0 aromatic heterocycles. The Morgan fingerprint density at radius 2 is 0.926 bits per heavy atom. The number of hydrogen-bond donors (Lipinski definition) is 0. The van der Waals surface area contributed by atoms with Gasteiger partial charge in [-0.3, -0.25) is 5.11 Å². The molecule has 27 heavy (non-hydrogen) atoms. The fourth-order valence-electron chi connectivity index (χ4n) is 1.68. The third kappa shape index (κ3) is 3.35. The van der Waals surface area contributed by atoms with Crippen LogP contribution in [0.15, 0.2) is 18.2 Å². The minimum atomic E-state index is -7.03. The Morgan fingerprint density at radius 1 is 0.556 bits per heavy atom. The molecule has 0 unspecified atom stereocenters. The van der Waals surface area contributed by atoms with Gasteiger partial charge in [-0.1, -0.05) is 0 Å². The summed E-state index contributed by atoms with van der Waals surface area (Å²) in [6, 6.07) is -2.35. The maximum atomic E-state index is 13.5. The van der Waals surface area contributed by atoms with Gasteiger partial charge in [-0.15, -0.1) is 0 Å². The lowest BCUT2D eigenvalue weighted by Crippen LogP contribution is -2.51. The average molecular weight is 429 g/mol. The zero-order valence-electron chi connectivity index (χ0n) is 11.9. The first-order valence-electron chi connectivity index (χ1n) is 6.09. The Bertz CT molecular complexity index is 699. The zero-order valence-corrected chi connectivity index (χ0v) is 11.9. The first-order valence-corrected chi connectivity index (χ1v) is 6.09. The van der Waals surface area contributed by atoms with Crippen LogP contribution in [0, 0.1) is 0 Å². The number of hydrogen-bond acceptors (Lipinski definition) is 0. The Morgan fingerprint density at radius 3 is 1.30 bits per heavy atom. The van der Waals surface area contributed by atoms with Crippen molar-refractivity contribution in [2.45, 2.75) is 36.0 Å². The van der Waals surface area contributed by atoms with Gasteiger partial charge in [-0.05, 0) is 18.2 Å². The lowest BCUT2D eigenvalue weighted by Gasteiger charge is -2.31. The number of alkyl halides is 14. The predicted molar refractivity (Wildman–Crippen MR) is 56.4 cm³/mol. The molecular weight excluding hydrogens is 426 g/mol. The second-order valence-corrected chi connectivity index (χ2v) is 5.00. The molecule has 0 heterocycles. The third-order valence-corrected chi connectivity index (χ3v) is 3.18. The van der Waals surface area contributed by atoms with Gasteiger partial charge in [0, 0.05) is 5.56 Å². The monoisotopic (exact) mass is 429 g/mol. The van der Waals surface area contributed by atoms with Gasteiger partial charge < -0.3 is 0 Å². The minimum Gasteiger partial charge on any atom is -0.289 e. The highest BCUT2D eigenvalue weighted by molar-refractivity contribution is 5.42. The van der Waals surface area contributed by atoms with Crippen LogP contribution < -0.4 is 0 Å². The molecular formula is C12H3F14O. The average Bonchev–Trinajstić information content (AvgIpc) is 2.44. The number of halogens is 14. The summed E-state index contributed by atoms with van der Waals surface area (Å²) in [5.74, 6) is -29.3. The quantitative estimate of drug-likeness (QED) is 0.493. The van der Waals surface area contributed by atoms with Gasteiger partial charge in [-0.25, -0.2) is 0 Å². The molecule has 1 aromatic carbocycles. The van der Waals surface area contributed by atoms with E-state index in [4.69, 9.17) is 0 Å². The Labute approximate surface area is 139 Å². The SMILES string of the molecule is [O]c1ccc(C(F)(F)C(F)(F)C(F)(F)F)cc1C(F)(F)C(F)(F)C(F)(F)F. The molecule has 0 saturated heterocycles. The van der Waals surface area contributed by atoms with Crippen molar-refractivity contribution in [2.75, 3.05) is 0 Å². The Kier molecular flexibility index (Phi) is 5.15. The lowest BCUT2D eigenvalue weighted by molar-refractivity contribution is -0.361. The molecule has 0 N–H and O–H groups in total. The highest BCUT2D eigenvalue weighted by Crippen LogP contribution is 2.56. The normalized spacial score (nSPS) is 15.2. The summed E-state index contributed by atoms with van der Waals surface area (Å²) in [5.41, 5.74) is -5.77.